The summed E-state index contributed by atoms with van der Waals surface area (Å²) in [4.78, 5) is 12.0. The number of ether oxygens (including phenoxy) is 3. The molecule has 0 bridgehead atoms. The first kappa shape index (κ1) is 14.5. The zero-order valence-electron chi connectivity index (χ0n) is 11.0. The molecule has 0 saturated carbocycles. The molecule has 5 heteroatoms. The molecule has 0 spiro atoms. The van der Waals surface area contributed by atoms with E-state index in [1.807, 2.05) is 0 Å². The number of methoxy groups -OCH3 is 3. The van der Waals surface area contributed by atoms with E-state index in [9.17, 15) is 4.79 Å². The second-order valence-corrected chi connectivity index (χ2v) is 3.76. The lowest BCUT2D eigenvalue weighted by atomic mass is 10.0. The molecule has 0 aliphatic heterocycles. The Kier molecular flexibility index (Phi) is 5.61. The third-order valence-corrected chi connectivity index (χ3v) is 2.55. The van der Waals surface area contributed by atoms with E-state index >= 15 is 0 Å². The number of nitrogens with two attached hydrogens (primary N) is 1. The van der Waals surface area contributed by atoms with Crippen molar-refractivity contribution in [3.8, 4) is 11.5 Å². The first-order valence-corrected chi connectivity index (χ1v) is 5.65. The first-order valence-electron chi connectivity index (χ1n) is 5.65. The Morgan fingerprint density at radius 3 is 2.44 bits per heavy atom. The summed E-state index contributed by atoms with van der Waals surface area (Å²) in [5.41, 5.74) is 6.67. The monoisotopic (exact) mass is 253 g/mol. The molecule has 0 aliphatic carbocycles. The quantitative estimate of drug-likeness (QED) is 0.743. The summed E-state index contributed by atoms with van der Waals surface area (Å²) < 4.78 is 15.6. The van der Waals surface area contributed by atoms with Crippen LogP contribution < -0.4 is 15.2 Å². The maximum absolute atomic E-state index is 12.0. The van der Waals surface area contributed by atoms with E-state index in [0.29, 0.717) is 30.2 Å². The second-order valence-electron chi connectivity index (χ2n) is 3.76. The van der Waals surface area contributed by atoms with Gasteiger partial charge >= 0.3 is 0 Å². The molecule has 5 nitrogen and oxygen atoms in total. The molecule has 0 unspecified atom stereocenters. The fourth-order valence-electron chi connectivity index (χ4n) is 1.75. The van der Waals surface area contributed by atoms with Gasteiger partial charge in [0, 0.05) is 19.1 Å². The normalized spacial score (nSPS) is 10.2. The van der Waals surface area contributed by atoms with E-state index in [1.165, 1.54) is 7.11 Å². The molecular weight excluding hydrogens is 234 g/mol. The van der Waals surface area contributed by atoms with Crippen LogP contribution in [-0.4, -0.2) is 33.7 Å². The van der Waals surface area contributed by atoms with Crippen LogP contribution in [0.5, 0.6) is 11.5 Å². The molecule has 0 aromatic heterocycles. The minimum absolute atomic E-state index is 0.0643. The van der Waals surface area contributed by atoms with Gasteiger partial charge in [-0.15, -0.1) is 0 Å². The van der Waals surface area contributed by atoms with Crippen molar-refractivity contribution in [1.29, 1.82) is 0 Å². The van der Waals surface area contributed by atoms with Crippen molar-refractivity contribution < 1.29 is 19.0 Å². The zero-order chi connectivity index (χ0) is 13.5. The van der Waals surface area contributed by atoms with E-state index < -0.39 is 0 Å². The molecule has 1 aromatic carbocycles. The lowest BCUT2D eigenvalue weighted by Crippen LogP contribution is -2.11. The highest BCUT2D eigenvalue weighted by atomic mass is 16.5. The molecule has 0 heterocycles. The SMILES string of the molecule is COCc1cc(OC)cc(C(=O)CCN)c1OC. The minimum atomic E-state index is -0.0643. The average Bonchev–Trinajstić information content (AvgIpc) is 2.38. The van der Waals surface area contributed by atoms with E-state index in [4.69, 9.17) is 19.9 Å². The van der Waals surface area contributed by atoms with Crippen molar-refractivity contribution in [2.24, 2.45) is 5.73 Å². The van der Waals surface area contributed by atoms with Gasteiger partial charge in [0.15, 0.2) is 5.78 Å². The van der Waals surface area contributed by atoms with Crippen molar-refractivity contribution in [2.75, 3.05) is 27.9 Å². The number of hydrogen-bond donors (Lipinski definition) is 1. The Hall–Kier alpha value is -1.59. The molecule has 0 atom stereocenters. The first-order chi connectivity index (χ1) is 8.67. The summed E-state index contributed by atoms with van der Waals surface area (Å²) in [6.07, 6.45) is 0.274. The molecule has 100 valence electrons. The lowest BCUT2D eigenvalue weighted by Gasteiger charge is -2.14. The van der Waals surface area contributed by atoms with Crippen LogP contribution in [0.15, 0.2) is 12.1 Å². The van der Waals surface area contributed by atoms with Crippen LogP contribution >= 0.6 is 0 Å². The van der Waals surface area contributed by atoms with Crippen LogP contribution in [0.3, 0.4) is 0 Å². The van der Waals surface area contributed by atoms with Crippen LogP contribution in [0.2, 0.25) is 0 Å². The third kappa shape index (κ3) is 3.21. The van der Waals surface area contributed by atoms with Gasteiger partial charge in [-0.25, -0.2) is 0 Å². The Morgan fingerprint density at radius 2 is 1.94 bits per heavy atom. The fraction of sp³-hybridized carbons (Fsp3) is 0.462. The maximum Gasteiger partial charge on any atom is 0.168 e. The minimum Gasteiger partial charge on any atom is -0.497 e. The molecule has 0 radical (unpaired) electrons. The largest absolute Gasteiger partial charge is 0.497 e. The van der Waals surface area contributed by atoms with Crippen LogP contribution in [0.4, 0.5) is 0 Å². The molecule has 1 aromatic rings. The third-order valence-electron chi connectivity index (χ3n) is 2.55. The average molecular weight is 253 g/mol. The van der Waals surface area contributed by atoms with E-state index in [1.54, 1.807) is 26.4 Å². The molecule has 18 heavy (non-hydrogen) atoms. The predicted octanol–water partition coefficient (Wildman–Crippen LogP) is 1.38. The highest BCUT2D eigenvalue weighted by Crippen LogP contribution is 2.30. The van der Waals surface area contributed by atoms with Gasteiger partial charge in [-0.2, -0.15) is 0 Å². The van der Waals surface area contributed by atoms with Gasteiger partial charge in [-0.1, -0.05) is 0 Å². The van der Waals surface area contributed by atoms with Gasteiger partial charge in [0.1, 0.15) is 11.5 Å². The highest BCUT2D eigenvalue weighted by molar-refractivity contribution is 5.99. The number of benzene rings is 1. The second kappa shape index (κ2) is 6.98. The summed E-state index contributed by atoms with van der Waals surface area (Å²) in [6, 6.07) is 3.46. The number of Topliss-reactive ketones (excluding diaryl/α,β-unsaturated/α-hetero) is 1. The number of carbonyl (C=O) groups is 1. The zero-order valence-corrected chi connectivity index (χ0v) is 11.0. The molecule has 0 aliphatic rings. The standard InChI is InChI=1S/C13H19NO4/c1-16-8-9-6-10(17-2)7-11(13(9)18-3)12(15)4-5-14/h6-7H,4-5,8,14H2,1-3H3. The Bertz CT molecular complexity index is 418. The number of hydrogen-bond acceptors (Lipinski definition) is 5. The number of carbonyl (C=O) groups excluding carboxylic acids is 1. The lowest BCUT2D eigenvalue weighted by molar-refractivity contribution is 0.0981. The summed E-state index contributed by atoms with van der Waals surface area (Å²) in [7, 11) is 4.66. The Balaban J connectivity index is 3.27. The maximum atomic E-state index is 12.0. The van der Waals surface area contributed by atoms with Crippen molar-refractivity contribution in [3.63, 3.8) is 0 Å². The Labute approximate surface area is 107 Å². The van der Waals surface area contributed by atoms with E-state index in [0.717, 1.165) is 5.56 Å². The summed E-state index contributed by atoms with van der Waals surface area (Å²) in [5, 5.41) is 0. The molecule has 0 amide bonds. The van der Waals surface area contributed by atoms with E-state index in [-0.39, 0.29) is 12.2 Å². The molecule has 2 N–H and O–H groups in total. The van der Waals surface area contributed by atoms with Gasteiger partial charge in [0.2, 0.25) is 0 Å². The van der Waals surface area contributed by atoms with Crippen LogP contribution in [0.25, 0.3) is 0 Å². The topological polar surface area (TPSA) is 70.8 Å². The van der Waals surface area contributed by atoms with Crippen molar-refractivity contribution in [2.45, 2.75) is 13.0 Å². The smallest absolute Gasteiger partial charge is 0.168 e. The molecule has 0 fully saturated rings. The number of ketones is 1. The van der Waals surface area contributed by atoms with Gasteiger partial charge < -0.3 is 19.9 Å². The van der Waals surface area contributed by atoms with Gasteiger partial charge in [-0.3, -0.25) is 4.79 Å². The summed E-state index contributed by atoms with van der Waals surface area (Å²) in [5.74, 6) is 1.06. The van der Waals surface area contributed by atoms with Gasteiger partial charge in [0.25, 0.3) is 0 Å². The van der Waals surface area contributed by atoms with Crippen molar-refractivity contribution in [3.05, 3.63) is 23.3 Å². The van der Waals surface area contributed by atoms with Crippen molar-refractivity contribution >= 4 is 5.78 Å². The van der Waals surface area contributed by atoms with E-state index in [2.05, 4.69) is 0 Å². The summed E-state index contributed by atoms with van der Waals surface area (Å²) >= 11 is 0. The predicted molar refractivity (Wildman–Crippen MR) is 68.3 cm³/mol. The van der Waals surface area contributed by atoms with Crippen LogP contribution in [0.1, 0.15) is 22.3 Å². The van der Waals surface area contributed by atoms with Gasteiger partial charge in [0.05, 0.1) is 26.4 Å². The molecular formula is C13H19NO4. The Morgan fingerprint density at radius 1 is 1.22 bits per heavy atom. The summed E-state index contributed by atoms with van der Waals surface area (Å²) in [6.45, 7) is 0.655. The molecule has 1 rings (SSSR count). The van der Waals surface area contributed by atoms with Crippen molar-refractivity contribution in [1.82, 2.24) is 0 Å². The van der Waals surface area contributed by atoms with Crippen LogP contribution in [0, 0.1) is 0 Å². The highest BCUT2D eigenvalue weighted by Gasteiger charge is 2.17. The number of rotatable bonds is 7. The van der Waals surface area contributed by atoms with Crippen LogP contribution in [-0.2, 0) is 11.3 Å². The fourth-order valence-corrected chi connectivity index (χ4v) is 1.75. The molecule has 0 saturated heterocycles. The van der Waals surface area contributed by atoms with Gasteiger partial charge in [-0.05, 0) is 18.7 Å².